The monoisotopic (exact) mass is 346 g/mol. The van der Waals surface area contributed by atoms with Crippen molar-refractivity contribution < 1.29 is 4.79 Å². The lowest BCUT2D eigenvalue weighted by molar-refractivity contribution is 0.101. The molecule has 1 amide bonds. The normalized spacial score (nSPS) is 16.1. The molecule has 26 heavy (non-hydrogen) atoms. The summed E-state index contributed by atoms with van der Waals surface area (Å²) in [4.78, 5) is 21.2. The Morgan fingerprint density at radius 2 is 2.12 bits per heavy atom. The van der Waals surface area contributed by atoms with E-state index in [9.17, 15) is 4.79 Å². The lowest BCUT2D eigenvalue weighted by atomic mass is 9.86. The minimum Gasteiger partial charge on any atom is -0.339 e. The van der Waals surface area contributed by atoms with Crippen LogP contribution >= 0.6 is 0 Å². The van der Waals surface area contributed by atoms with E-state index in [0.29, 0.717) is 24.0 Å². The Labute approximate surface area is 153 Å². The minimum atomic E-state index is -0.138. The van der Waals surface area contributed by atoms with E-state index in [1.807, 2.05) is 47.3 Å². The minimum absolute atomic E-state index is 0.138. The topological polar surface area (TPSA) is 59.8 Å². The first kappa shape index (κ1) is 16.5. The SMILES string of the molecule is CC1CCc2cc(NC(=O)c3cccn3Cc3ccncc3)ncc2C1. The lowest BCUT2D eigenvalue weighted by Gasteiger charge is -2.21. The highest BCUT2D eigenvalue weighted by Crippen LogP contribution is 2.26. The molecule has 1 unspecified atom stereocenters. The van der Waals surface area contributed by atoms with Crippen LogP contribution in [0.15, 0.2) is 55.1 Å². The van der Waals surface area contributed by atoms with Crippen LogP contribution in [0, 0.1) is 5.92 Å². The summed E-state index contributed by atoms with van der Waals surface area (Å²) in [6, 6.07) is 9.64. The van der Waals surface area contributed by atoms with Crippen LogP contribution in [-0.2, 0) is 19.4 Å². The molecule has 4 rings (SSSR count). The average Bonchev–Trinajstić information content (AvgIpc) is 3.11. The highest BCUT2D eigenvalue weighted by Gasteiger charge is 2.17. The summed E-state index contributed by atoms with van der Waals surface area (Å²) in [6.45, 7) is 2.91. The van der Waals surface area contributed by atoms with Crippen molar-refractivity contribution >= 4 is 11.7 Å². The van der Waals surface area contributed by atoms with Gasteiger partial charge in [0, 0.05) is 31.3 Å². The van der Waals surface area contributed by atoms with Gasteiger partial charge in [0.15, 0.2) is 0 Å². The fourth-order valence-electron chi connectivity index (χ4n) is 3.51. The van der Waals surface area contributed by atoms with Crippen molar-refractivity contribution in [2.24, 2.45) is 5.92 Å². The van der Waals surface area contributed by atoms with Crippen LogP contribution in [-0.4, -0.2) is 20.4 Å². The van der Waals surface area contributed by atoms with E-state index >= 15 is 0 Å². The Morgan fingerprint density at radius 1 is 1.27 bits per heavy atom. The summed E-state index contributed by atoms with van der Waals surface area (Å²) < 4.78 is 1.94. The number of rotatable bonds is 4. The number of amides is 1. The van der Waals surface area contributed by atoms with Crippen LogP contribution in [0.3, 0.4) is 0 Å². The molecule has 3 aromatic rings. The molecule has 0 radical (unpaired) electrons. The molecular formula is C21H22N4O. The zero-order valence-corrected chi connectivity index (χ0v) is 14.9. The Morgan fingerprint density at radius 3 is 2.96 bits per heavy atom. The van der Waals surface area contributed by atoms with Crippen LogP contribution < -0.4 is 5.32 Å². The summed E-state index contributed by atoms with van der Waals surface area (Å²) >= 11 is 0. The fraction of sp³-hybridized carbons (Fsp3) is 0.286. The number of carbonyl (C=O) groups excluding carboxylic acids is 1. The molecule has 0 aliphatic heterocycles. The van der Waals surface area contributed by atoms with Gasteiger partial charge in [0.2, 0.25) is 0 Å². The summed E-state index contributed by atoms with van der Waals surface area (Å²) in [5, 5.41) is 2.95. The molecule has 0 saturated carbocycles. The van der Waals surface area contributed by atoms with E-state index in [4.69, 9.17) is 0 Å². The third-order valence-corrected chi connectivity index (χ3v) is 4.96. The molecule has 0 aromatic carbocycles. The molecule has 0 spiro atoms. The van der Waals surface area contributed by atoms with Gasteiger partial charge in [-0.05, 0) is 72.2 Å². The van der Waals surface area contributed by atoms with Crippen molar-refractivity contribution in [2.45, 2.75) is 32.7 Å². The third-order valence-electron chi connectivity index (χ3n) is 4.96. The number of aromatic nitrogens is 3. The molecule has 1 aliphatic rings. The Bertz CT molecular complexity index is 917. The van der Waals surface area contributed by atoms with Crippen LogP contribution in [0.25, 0.3) is 0 Å². The third kappa shape index (κ3) is 3.52. The van der Waals surface area contributed by atoms with E-state index in [0.717, 1.165) is 18.4 Å². The number of anilines is 1. The largest absolute Gasteiger partial charge is 0.339 e. The molecule has 1 atom stereocenters. The summed E-state index contributed by atoms with van der Waals surface area (Å²) in [5.74, 6) is 1.20. The van der Waals surface area contributed by atoms with Gasteiger partial charge in [-0.15, -0.1) is 0 Å². The first-order valence-corrected chi connectivity index (χ1v) is 9.02. The summed E-state index contributed by atoms with van der Waals surface area (Å²) in [5.41, 5.74) is 4.34. The number of pyridine rings is 2. The number of nitrogens with one attached hydrogen (secondary N) is 1. The molecule has 0 fully saturated rings. The Kier molecular flexibility index (Phi) is 4.52. The van der Waals surface area contributed by atoms with Crippen LogP contribution in [0.1, 0.15) is 40.5 Å². The van der Waals surface area contributed by atoms with Crippen LogP contribution in [0.2, 0.25) is 0 Å². The second kappa shape index (κ2) is 7.12. The molecule has 0 bridgehead atoms. The molecular weight excluding hydrogens is 324 g/mol. The zero-order valence-electron chi connectivity index (χ0n) is 14.9. The Hall–Kier alpha value is -2.95. The van der Waals surface area contributed by atoms with E-state index in [1.54, 1.807) is 12.4 Å². The van der Waals surface area contributed by atoms with Crippen LogP contribution in [0.4, 0.5) is 5.82 Å². The van der Waals surface area contributed by atoms with Gasteiger partial charge in [-0.2, -0.15) is 0 Å². The predicted octanol–water partition coefficient (Wildman–Crippen LogP) is 3.70. The lowest BCUT2D eigenvalue weighted by Crippen LogP contribution is -2.19. The van der Waals surface area contributed by atoms with Gasteiger partial charge in [-0.3, -0.25) is 9.78 Å². The van der Waals surface area contributed by atoms with E-state index in [2.05, 4.69) is 22.2 Å². The Balaban J connectivity index is 1.50. The predicted molar refractivity (Wildman–Crippen MR) is 101 cm³/mol. The first-order valence-electron chi connectivity index (χ1n) is 9.02. The van der Waals surface area contributed by atoms with Crippen molar-refractivity contribution in [3.05, 3.63) is 77.5 Å². The van der Waals surface area contributed by atoms with Crippen molar-refractivity contribution in [3.63, 3.8) is 0 Å². The molecule has 3 heterocycles. The number of aryl methyl sites for hydroxylation is 1. The molecule has 5 nitrogen and oxygen atoms in total. The maximum absolute atomic E-state index is 12.7. The van der Waals surface area contributed by atoms with Gasteiger partial charge in [-0.1, -0.05) is 6.92 Å². The number of carbonyl (C=O) groups is 1. The van der Waals surface area contributed by atoms with Gasteiger partial charge in [0.25, 0.3) is 5.91 Å². The second-order valence-electron chi connectivity index (χ2n) is 7.02. The van der Waals surface area contributed by atoms with Gasteiger partial charge < -0.3 is 9.88 Å². The molecule has 5 heteroatoms. The number of fused-ring (bicyclic) bond motifs is 1. The van der Waals surface area contributed by atoms with Crippen molar-refractivity contribution in [1.82, 2.24) is 14.5 Å². The second-order valence-corrected chi connectivity index (χ2v) is 7.02. The number of hydrogen-bond donors (Lipinski definition) is 1. The van der Waals surface area contributed by atoms with Crippen molar-refractivity contribution in [3.8, 4) is 0 Å². The highest BCUT2D eigenvalue weighted by atomic mass is 16.2. The van der Waals surface area contributed by atoms with Gasteiger partial charge >= 0.3 is 0 Å². The maximum Gasteiger partial charge on any atom is 0.273 e. The highest BCUT2D eigenvalue weighted by molar-refractivity contribution is 6.02. The van der Waals surface area contributed by atoms with Crippen LogP contribution in [0.5, 0.6) is 0 Å². The van der Waals surface area contributed by atoms with E-state index < -0.39 is 0 Å². The molecule has 0 saturated heterocycles. The average molecular weight is 346 g/mol. The number of nitrogens with zero attached hydrogens (tertiary/aromatic N) is 3. The summed E-state index contributed by atoms with van der Waals surface area (Å²) in [6.07, 6.45) is 10.7. The smallest absolute Gasteiger partial charge is 0.273 e. The molecule has 1 aliphatic carbocycles. The standard InChI is InChI=1S/C21H22N4O/c1-15-4-5-17-12-20(23-13-18(17)11-15)24-21(26)19-3-2-10-25(19)14-16-6-8-22-9-7-16/h2-3,6-10,12-13,15H,4-5,11,14H2,1H3,(H,23,24,26). The fourth-order valence-corrected chi connectivity index (χ4v) is 3.51. The molecule has 3 aromatic heterocycles. The van der Waals surface area contributed by atoms with Gasteiger partial charge in [-0.25, -0.2) is 4.98 Å². The van der Waals surface area contributed by atoms with Crippen molar-refractivity contribution in [1.29, 1.82) is 0 Å². The zero-order chi connectivity index (χ0) is 17.9. The van der Waals surface area contributed by atoms with Gasteiger partial charge in [0.05, 0.1) is 0 Å². The first-order chi connectivity index (χ1) is 12.7. The number of hydrogen-bond acceptors (Lipinski definition) is 3. The van der Waals surface area contributed by atoms with E-state index in [-0.39, 0.29) is 5.91 Å². The van der Waals surface area contributed by atoms with E-state index in [1.165, 1.54) is 17.5 Å². The molecule has 1 N–H and O–H groups in total. The maximum atomic E-state index is 12.7. The summed E-state index contributed by atoms with van der Waals surface area (Å²) in [7, 11) is 0. The quantitative estimate of drug-likeness (QED) is 0.783. The molecule has 132 valence electrons. The van der Waals surface area contributed by atoms with Gasteiger partial charge in [0.1, 0.15) is 11.5 Å². The van der Waals surface area contributed by atoms with Crippen molar-refractivity contribution in [2.75, 3.05) is 5.32 Å².